The van der Waals surface area contributed by atoms with E-state index in [2.05, 4.69) is 38.8 Å². The second-order valence-corrected chi connectivity index (χ2v) is 3.83. The van der Waals surface area contributed by atoms with Gasteiger partial charge in [0.15, 0.2) is 0 Å². The predicted molar refractivity (Wildman–Crippen MR) is 54.4 cm³/mol. The lowest BCUT2D eigenvalue weighted by Crippen LogP contribution is -2.12. The zero-order chi connectivity index (χ0) is 9.14. The molecule has 1 aliphatic heterocycles. The van der Waals surface area contributed by atoms with Crippen LogP contribution in [0.2, 0.25) is 0 Å². The van der Waals surface area contributed by atoms with Crippen molar-refractivity contribution in [3.05, 3.63) is 11.8 Å². The summed E-state index contributed by atoms with van der Waals surface area (Å²) in [6, 6.07) is 0. The minimum Gasteiger partial charge on any atom is -0.262 e. The van der Waals surface area contributed by atoms with Gasteiger partial charge in [0.1, 0.15) is 0 Å². The van der Waals surface area contributed by atoms with Crippen LogP contribution in [-0.2, 0) is 0 Å². The molecule has 0 saturated heterocycles. The number of hydrogen-bond donors (Lipinski definition) is 0. The van der Waals surface area contributed by atoms with E-state index < -0.39 is 0 Å². The molecule has 2 atom stereocenters. The molecule has 1 unspecified atom stereocenters. The Morgan fingerprint density at radius 1 is 1.67 bits per heavy atom. The summed E-state index contributed by atoms with van der Waals surface area (Å²) in [5.74, 6) is 1.28. The SMILES string of the molecule is CCC(C)C1=CC[C@@H](C)C(C)=N1. The maximum absolute atomic E-state index is 4.61. The first-order chi connectivity index (χ1) is 5.65. The standard InChI is InChI=1S/C11H19N/c1-5-8(2)11-7-6-9(3)10(4)12-11/h7-9H,5-6H2,1-4H3/t8?,9-/m1/s1. The first kappa shape index (κ1) is 9.50. The third kappa shape index (κ3) is 1.96. The predicted octanol–water partition coefficient (Wildman–Crippen LogP) is 3.42. The summed E-state index contributed by atoms with van der Waals surface area (Å²) in [5.41, 5.74) is 2.60. The van der Waals surface area contributed by atoms with Gasteiger partial charge in [-0.25, -0.2) is 0 Å². The van der Waals surface area contributed by atoms with E-state index in [4.69, 9.17) is 0 Å². The summed E-state index contributed by atoms with van der Waals surface area (Å²) < 4.78 is 0. The number of aliphatic imine (C=N–C) groups is 1. The highest BCUT2D eigenvalue weighted by Crippen LogP contribution is 2.23. The van der Waals surface area contributed by atoms with Crippen LogP contribution < -0.4 is 0 Å². The quantitative estimate of drug-likeness (QED) is 0.594. The lowest BCUT2D eigenvalue weighted by molar-refractivity contribution is 0.625. The third-order valence-corrected chi connectivity index (χ3v) is 2.82. The molecular weight excluding hydrogens is 146 g/mol. The van der Waals surface area contributed by atoms with Crippen molar-refractivity contribution < 1.29 is 0 Å². The molecule has 0 aromatic heterocycles. The Bertz CT molecular complexity index is 213. The fraction of sp³-hybridized carbons (Fsp3) is 0.727. The second kappa shape index (κ2) is 3.88. The van der Waals surface area contributed by atoms with Crippen molar-refractivity contribution in [1.82, 2.24) is 0 Å². The average molecular weight is 165 g/mol. The van der Waals surface area contributed by atoms with E-state index in [1.54, 1.807) is 0 Å². The summed E-state index contributed by atoms with van der Waals surface area (Å²) >= 11 is 0. The van der Waals surface area contributed by atoms with Crippen LogP contribution in [0, 0.1) is 11.8 Å². The summed E-state index contributed by atoms with van der Waals surface area (Å²) in [7, 11) is 0. The van der Waals surface area contributed by atoms with Gasteiger partial charge in [0.2, 0.25) is 0 Å². The van der Waals surface area contributed by atoms with Crippen molar-refractivity contribution in [2.45, 2.75) is 40.5 Å². The van der Waals surface area contributed by atoms with Gasteiger partial charge in [-0.05, 0) is 31.6 Å². The molecule has 0 aliphatic carbocycles. The first-order valence-electron chi connectivity index (χ1n) is 4.90. The molecule has 1 rings (SSSR count). The lowest BCUT2D eigenvalue weighted by Gasteiger charge is -2.19. The van der Waals surface area contributed by atoms with Crippen molar-refractivity contribution in [1.29, 1.82) is 0 Å². The van der Waals surface area contributed by atoms with Gasteiger partial charge in [-0.2, -0.15) is 0 Å². The normalized spacial score (nSPS) is 26.2. The lowest BCUT2D eigenvalue weighted by atomic mass is 9.95. The van der Waals surface area contributed by atoms with Crippen LogP contribution in [0.4, 0.5) is 0 Å². The highest BCUT2D eigenvalue weighted by molar-refractivity contribution is 5.85. The van der Waals surface area contributed by atoms with Crippen LogP contribution in [0.1, 0.15) is 40.5 Å². The molecular formula is C11H19N. The van der Waals surface area contributed by atoms with Crippen LogP contribution in [0.15, 0.2) is 16.8 Å². The van der Waals surface area contributed by atoms with Crippen LogP contribution in [0.25, 0.3) is 0 Å². The molecule has 1 heterocycles. The Kier molecular flexibility index (Phi) is 3.07. The van der Waals surface area contributed by atoms with Crippen molar-refractivity contribution in [2.24, 2.45) is 16.8 Å². The molecule has 1 nitrogen and oxygen atoms in total. The van der Waals surface area contributed by atoms with E-state index in [0.29, 0.717) is 11.8 Å². The Labute approximate surface area is 75.6 Å². The zero-order valence-electron chi connectivity index (χ0n) is 8.59. The van der Waals surface area contributed by atoms with Gasteiger partial charge in [-0.15, -0.1) is 0 Å². The van der Waals surface area contributed by atoms with Crippen LogP contribution in [0.5, 0.6) is 0 Å². The van der Waals surface area contributed by atoms with Crippen molar-refractivity contribution in [3.8, 4) is 0 Å². The fourth-order valence-corrected chi connectivity index (χ4v) is 1.35. The summed E-state index contributed by atoms with van der Waals surface area (Å²) in [5, 5.41) is 0. The van der Waals surface area contributed by atoms with Crippen molar-refractivity contribution in [3.63, 3.8) is 0 Å². The van der Waals surface area contributed by atoms with Gasteiger partial charge in [0, 0.05) is 11.4 Å². The first-order valence-corrected chi connectivity index (χ1v) is 4.90. The maximum Gasteiger partial charge on any atom is 0.0391 e. The monoisotopic (exact) mass is 165 g/mol. The summed E-state index contributed by atoms with van der Waals surface area (Å²) in [6.07, 6.45) is 4.66. The van der Waals surface area contributed by atoms with E-state index in [0.717, 1.165) is 0 Å². The maximum atomic E-state index is 4.61. The van der Waals surface area contributed by atoms with Gasteiger partial charge in [0.05, 0.1) is 0 Å². The van der Waals surface area contributed by atoms with E-state index in [-0.39, 0.29) is 0 Å². The van der Waals surface area contributed by atoms with Gasteiger partial charge in [-0.1, -0.05) is 26.8 Å². The Hall–Kier alpha value is -0.590. The Morgan fingerprint density at radius 2 is 2.33 bits per heavy atom. The second-order valence-electron chi connectivity index (χ2n) is 3.83. The van der Waals surface area contributed by atoms with Crippen LogP contribution in [0.3, 0.4) is 0 Å². The molecule has 0 N–H and O–H groups in total. The molecule has 0 aromatic rings. The minimum atomic E-state index is 0.632. The van der Waals surface area contributed by atoms with Gasteiger partial charge < -0.3 is 0 Å². The number of nitrogens with zero attached hydrogens (tertiary/aromatic N) is 1. The van der Waals surface area contributed by atoms with Gasteiger partial charge >= 0.3 is 0 Å². The molecule has 0 spiro atoms. The van der Waals surface area contributed by atoms with E-state index >= 15 is 0 Å². The number of hydrogen-bond acceptors (Lipinski definition) is 1. The largest absolute Gasteiger partial charge is 0.262 e. The molecule has 0 radical (unpaired) electrons. The van der Waals surface area contributed by atoms with Crippen LogP contribution >= 0.6 is 0 Å². The van der Waals surface area contributed by atoms with Gasteiger partial charge in [0.25, 0.3) is 0 Å². The highest BCUT2D eigenvalue weighted by Gasteiger charge is 2.14. The molecule has 12 heavy (non-hydrogen) atoms. The van der Waals surface area contributed by atoms with Crippen molar-refractivity contribution in [2.75, 3.05) is 0 Å². The average Bonchev–Trinajstić information content (AvgIpc) is 2.08. The van der Waals surface area contributed by atoms with Crippen molar-refractivity contribution >= 4 is 5.71 Å². The Balaban J connectivity index is 2.71. The summed E-state index contributed by atoms with van der Waals surface area (Å²) in [4.78, 5) is 4.61. The van der Waals surface area contributed by atoms with E-state index in [1.165, 1.54) is 24.3 Å². The molecule has 0 fully saturated rings. The molecule has 68 valence electrons. The molecule has 0 saturated carbocycles. The molecule has 0 aromatic carbocycles. The third-order valence-electron chi connectivity index (χ3n) is 2.82. The van der Waals surface area contributed by atoms with E-state index in [1.807, 2.05) is 0 Å². The topological polar surface area (TPSA) is 12.4 Å². The molecule has 1 aliphatic rings. The van der Waals surface area contributed by atoms with Crippen LogP contribution in [-0.4, -0.2) is 5.71 Å². The zero-order valence-corrected chi connectivity index (χ0v) is 8.59. The van der Waals surface area contributed by atoms with Gasteiger partial charge in [-0.3, -0.25) is 4.99 Å². The highest BCUT2D eigenvalue weighted by atomic mass is 14.8. The minimum absolute atomic E-state index is 0.632. The molecule has 0 bridgehead atoms. The number of rotatable bonds is 2. The Morgan fingerprint density at radius 3 is 2.83 bits per heavy atom. The van der Waals surface area contributed by atoms with E-state index in [9.17, 15) is 0 Å². The fourth-order valence-electron chi connectivity index (χ4n) is 1.35. The molecule has 1 heteroatoms. The summed E-state index contributed by atoms with van der Waals surface area (Å²) in [6.45, 7) is 8.84. The number of allylic oxidation sites excluding steroid dienone is 2. The molecule has 0 amide bonds. The smallest absolute Gasteiger partial charge is 0.0391 e.